The van der Waals surface area contributed by atoms with Crippen LogP contribution in [0.25, 0.3) is 0 Å². The van der Waals surface area contributed by atoms with E-state index in [0.717, 1.165) is 36.3 Å². The fourth-order valence-corrected chi connectivity index (χ4v) is 3.06. The van der Waals surface area contributed by atoms with E-state index in [0.29, 0.717) is 6.04 Å². The van der Waals surface area contributed by atoms with Crippen molar-refractivity contribution < 1.29 is 4.79 Å². The molecule has 0 aromatic heterocycles. The van der Waals surface area contributed by atoms with Gasteiger partial charge < -0.3 is 5.32 Å². The van der Waals surface area contributed by atoms with Crippen LogP contribution >= 0.6 is 11.6 Å². The Morgan fingerprint density at radius 3 is 2.33 bits per heavy atom. The van der Waals surface area contributed by atoms with Gasteiger partial charge in [0.2, 0.25) is 5.91 Å². The van der Waals surface area contributed by atoms with E-state index in [1.54, 1.807) is 0 Å². The van der Waals surface area contributed by atoms with Gasteiger partial charge >= 0.3 is 0 Å². The second-order valence-electron chi connectivity index (χ2n) is 5.54. The molecule has 0 atom stereocenters. The Hall–Kier alpha value is -1.02. The molecule has 3 heteroatoms. The van der Waals surface area contributed by atoms with E-state index in [4.69, 9.17) is 11.6 Å². The summed E-state index contributed by atoms with van der Waals surface area (Å²) >= 11 is 5.90. The summed E-state index contributed by atoms with van der Waals surface area (Å²) in [5, 5.41) is 3.95. The van der Waals surface area contributed by atoms with Gasteiger partial charge in [-0.15, -0.1) is 0 Å². The maximum atomic E-state index is 12.4. The van der Waals surface area contributed by atoms with Crippen LogP contribution < -0.4 is 5.32 Å². The number of hydrogen-bond donors (Lipinski definition) is 1. The molecule has 1 N–H and O–H groups in total. The molecule has 1 amide bonds. The van der Waals surface area contributed by atoms with Crippen LogP contribution in [-0.2, 0) is 10.2 Å². The van der Waals surface area contributed by atoms with Gasteiger partial charge in [-0.2, -0.15) is 0 Å². The first-order chi connectivity index (χ1) is 8.71. The maximum Gasteiger partial charge on any atom is 0.230 e. The predicted molar refractivity (Wildman–Crippen MR) is 72.8 cm³/mol. The second-order valence-corrected chi connectivity index (χ2v) is 5.98. The van der Waals surface area contributed by atoms with Gasteiger partial charge in [0.25, 0.3) is 0 Å². The van der Waals surface area contributed by atoms with Gasteiger partial charge in [0.1, 0.15) is 0 Å². The van der Waals surface area contributed by atoms with Gasteiger partial charge in [-0.1, -0.05) is 36.6 Å². The molecule has 0 spiro atoms. The molecule has 2 nitrogen and oxygen atoms in total. The second kappa shape index (κ2) is 4.58. The zero-order chi connectivity index (χ0) is 12.6. The maximum absolute atomic E-state index is 12.4. The van der Waals surface area contributed by atoms with E-state index in [2.05, 4.69) is 5.32 Å². The van der Waals surface area contributed by atoms with Crippen molar-refractivity contribution in [1.82, 2.24) is 5.32 Å². The Morgan fingerprint density at radius 1 is 1.17 bits per heavy atom. The molecule has 2 fully saturated rings. The van der Waals surface area contributed by atoms with Crippen molar-refractivity contribution >= 4 is 17.5 Å². The van der Waals surface area contributed by atoms with Crippen molar-refractivity contribution in [2.45, 2.75) is 50.0 Å². The molecule has 96 valence electrons. The molecule has 0 heterocycles. The number of halogens is 1. The van der Waals surface area contributed by atoms with Crippen molar-refractivity contribution in [3.8, 4) is 0 Å². The SMILES string of the molecule is O=C(NC1CCCC1)C1(c2ccc(Cl)cc2)CC1. The van der Waals surface area contributed by atoms with Crippen molar-refractivity contribution in [2.24, 2.45) is 0 Å². The first kappa shape index (κ1) is 12.0. The molecule has 0 bridgehead atoms. The van der Waals surface area contributed by atoms with Crippen molar-refractivity contribution in [2.75, 3.05) is 0 Å². The summed E-state index contributed by atoms with van der Waals surface area (Å²) in [6, 6.07) is 8.13. The summed E-state index contributed by atoms with van der Waals surface area (Å²) in [5.41, 5.74) is 0.857. The van der Waals surface area contributed by atoms with E-state index < -0.39 is 0 Å². The summed E-state index contributed by atoms with van der Waals surface area (Å²) < 4.78 is 0. The summed E-state index contributed by atoms with van der Waals surface area (Å²) in [6.45, 7) is 0. The Bertz CT molecular complexity index is 444. The lowest BCUT2D eigenvalue weighted by Crippen LogP contribution is -2.40. The first-order valence-corrected chi connectivity index (χ1v) is 7.15. The third-order valence-electron chi connectivity index (χ3n) is 4.27. The highest BCUT2D eigenvalue weighted by Crippen LogP contribution is 2.48. The third kappa shape index (κ3) is 2.14. The monoisotopic (exact) mass is 263 g/mol. The van der Waals surface area contributed by atoms with Crippen LogP contribution in [0.4, 0.5) is 0 Å². The van der Waals surface area contributed by atoms with Crippen molar-refractivity contribution in [1.29, 1.82) is 0 Å². The summed E-state index contributed by atoms with van der Waals surface area (Å²) in [4.78, 5) is 12.4. The summed E-state index contributed by atoms with van der Waals surface area (Å²) in [5.74, 6) is 0.219. The average Bonchev–Trinajstić information content (AvgIpc) is 3.03. The number of amides is 1. The standard InChI is InChI=1S/C15H18ClNO/c16-12-7-5-11(6-8-12)15(9-10-15)14(18)17-13-3-1-2-4-13/h5-8,13H,1-4,9-10H2,(H,17,18). The smallest absolute Gasteiger partial charge is 0.230 e. The van der Waals surface area contributed by atoms with Gasteiger partial charge in [0.05, 0.1) is 5.41 Å². The predicted octanol–water partition coefficient (Wildman–Crippen LogP) is 3.43. The molecule has 0 unspecified atom stereocenters. The van der Waals surface area contributed by atoms with Gasteiger partial charge in [0.15, 0.2) is 0 Å². The lowest BCUT2D eigenvalue weighted by molar-refractivity contribution is -0.124. The summed E-state index contributed by atoms with van der Waals surface area (Å²) in [7, 11) is 0. The van der Waals surface area contributed by atoms with Gasteiger partial charge in [-0.05, 0) is 43.4 Å². The van der Waals surface area contributed by atoms with Crippen molar-refractivity contribution in [3.63, 3.8) is 0 Å². The molecular weight excluding hydrogens is 246 g/mol. The minimum atomic E-state index is -0.257. The van der Waals surface area contributed by atoms with E-state index >= 15 is 0 Å². The largest absolute Gasteiger partial charge is 0.353 e. The molecule has 2 saturated carbocycles. The number of hydrogen-bond acceptors (Lipinski definition) is 1. The Kier molecular flexibility index (Phi) is 3.06. The third-order valence-corrected chi connectivity index (χ3v) is 4.52. The molecular formula is C15H18ClNO. The van der Waals surface area contributed by atoms with E-state index in [9.17, 15) is 4.79 Å². The number of carbonyl (C=O) groups is 1. The highest BCUT2D eigenvalue weighted by atomic mass is 35.5. The fourth-order valence-electron chi connectivity index (χ4n) is 2.93. The summed E-state index contributed by atoms with van der Waals surface area (Å²) in [6.07, 6.45) is 6.71. The molecule has 1 aromatic carbocycles. The molecule has 2 aliphatic carbocycles. The Morgan fingerprint density at radius 2 is 1.78 bits per heavy atom. The number of benzene rings is 1. The van der Waals surface area contributed by atoms with E-state index in [-0.39, 0.29) is 11.3 Å². The zero-order valence-electron chi connectivity index (χ0n) is 10.4. The number of carbonyl (C=O) groups excluding carboxylic acids is 1. The van der Waals surface area contributed by atoms with Crippen LogP contribution in [0.5, 0.6) is 0 Å². The molecule has 3 rings (SSSR count). The minimum absolute atomic E-state index is 0.219. The van der Waals surface area contributed by atoms with E-state index in [1.165, 1.54) is 12.8 Å². The van der Waals surface area contributed by atoms with Crippen LogP contribution in [-0.4, -0.2) is 11.9 Å². The lowest BCUT2D eigenvalue weighted by Gasteiger charge is -2.19. The Labute approximate surface area is 113 Å². The number of rotatable bonds is 3. The molecule has 0 saturated heterocycles. The van der Waals surface area contributed by atoms with E-state index in [1.807, 2.05) is 24.3 Å². The van der Waals surface area contributed by atoms with Gasteiger partial charge in [-0.3, -0.25) is 4.79 Å². The first-order valence-electron chi connectivity index (χ1n) is 6.78. The molecule has 2 aliphatic rings. The van der Waals surface area contributed by atoms with Crippen LogP contribution in [0.15, 0.2) is 24.3 Å². The van der Waals surface area contributed by atoms with Crippen LogP contribution in [0.1, 0.15) is 44.1 Å². The molecule has 18 heavy (non-hydrogen) atoms. The topological polar surface area (TPSA) is 29.1 Å². The van der Waals surface area contributed by atoms with Crippen LogP contribution in [0.2, 0.25) is 5.02 Å². The van der Waals surface area contributed by atoms with Gasteiger partial charge in [-0.25, -0.2) is 0 Å². The fraction of sp³-hybridized carbons (Fsp3) is 0.533. The molecule has 1 aromatic rings. The normalized spacial score (nSPS) is 21.8. The number of nitrogens with one attached hydrogen (secondary N) is 1. The zero-order valence-corrected chi connectivity index (χ0v) is 11.2. The lowest BCUT2D eigenvalue weighted by atomic mass is 9.94. The molecule has 0 radical (unpaired) electrons. The highest BCUT2D eigenvalue weighted by molar-refractivity contribution is 6.30. The molecule has 0 aliphatic heterocycles. The van der Waals surface area contributed by atoms with Crippen molar-refractivity contribution in [3.05, 3.63) is 34.9 Å². The highest BCUT2D eigenvalue weighted by Gasteiger charge is 2.51. The average molecular weight is 264 g/mol. The van der Waals surface area contributed by atoms with Crippen LogP contribution in [0.3, 0.4) is 0 Å². The quantitative estimate of drug-likeness (QED) is 0.889. The van der Waals surface area contributed by atoms with Crippen LogP contribution in [0, 0.1) is 0 Å². The minimum Gasteiger partial charge on any atom is -0.353 e. The van der Waals surface area contributed by atoms with Gasteiger partial charge in [0, 0.05) is 11.1 Å². The Balaban J connectivity index is 1.73.